The second-order valence-electron chi connectivity index (χ2n) is 13.5. The van der Waals surface area contributed by atoms with Crippen LogP contribution >= 0.6 is 0 Å². The van der Waals surface area contributed by atoms with E-state index >= 15 is 0 Å². The van der Waals surface area contributed by atoms with E-state index in [2.05, 4.69) is 52.8 Å². The highest BCUT2D eigenvalue weighted by Gasteiger charge is 2.72. The average Bonchev–Trinajstić information content (AvgIpc) is 3.39. The number of hydrogen-bond acceptors (Lipinski definition) is 5. The molecule has 4 aliphatic carbocycles. The van der Waals surface area contributed by atoms with Crippen molar-refractivity contribution < 1.29 is 24.8 Å². The van der Waals surface area contributed by atoms with Crippen LogP contribution in [0.1, 0.15) is 86.0 Å². The van der Waals surface area contributed by atoms with E-state index < -0.39 is 5.60 Å². The Labute approximate surface area is 219 Å². The number of rotatable bonds is 11. The molecule has 36 heavy (non-hydrogen) atoms. The van der Waals surface area contributed by atoms with Gasteiger partial charge in [-0.2, -0.15) is 0 Å². The van der Waals surface area contributed by atoms with E-state index in [1.807, 2.05) is 0 Å². The van der Waals surface area contributed by atoms with E-state index in [4.69, 9.17) is 9.47 Å². The lowest BCUT2D eigenvalue weighted by Crippen LogP contribution is -2.46. The monoisotopic (exact) mass is 504 g/mol. The van der Waals surface area contributed by atoms with Crippen LogP contribution in [0.2, 0.25) is 0 Å². The van der Waals surface area contributed by atoms with E-state index in [-0.39, 0.29) is 41.5 Å². The first-order valence-corrected chi connectivity index (χ1v) is 14.4. The molecule has 0 aromatic heterocycles. The van der Waals surface area contributed by atoms with Crippen molar-refractivity contribution in [3.05, 3.63) is 23.8 Å². The Morgan fingerprint density at radius 3 is 2.50 bits per heavy atom. The summed E-state index contributed by atoms with van der Waals surface area (Å²) in [5.74, 6) is 2.37. The van der Waals surface area contributed by atoms with E-state index in [9.17, 15) is 15.3 Å². The van der Waals surface area contributed by atoms with Crippen molar-refractivity contribution in [2.24, 2.45) is 46.3 Å². The van der Waals surface area contributed by atoms with Crippen molar-refractivity contribution in [2.75, 3.05) is 27.1 Å². The highest BCUT2D eigenvalue weighted by molar-refractivity contribution is 5.28. The first kappa shape index (κ1) is 28.3. The molecule has 4 saturated carbocycles. The minimum Gasteiger partial charge on any atom is -0.396 e. The lowest BCUT2D eigenvalue weighted by Gasteiger charge is -2.45. The minimum absolute atomic E-state index is 0.0500. The Kier molecular flexibility index (Phi) is 8.21. The molecule has 4 fully saturated rings. The molecule has 3 N–H and O–H groups in total. The zero-order chi connectivity index (χ0) is 26.4. The van der Waals surface area contributed by atoms with Gasteiger partial charge in [-0.25, -0.2) is 0 Å². The third-order valence-corrected chi connectivity index (χ3v) is 11.5. The summed E-state index contributed by atoms with van der Waals surface area (Å²) in [6.07, 6.45) is 15.7. The van der Waals surface area contributed by atoms with Crippen LogP contribution in [0.4, 0.5) is 0 Å². The maximum absolute atomic E-state index is 11.2. The average molecular weight is 505 g/mol. The summed E-state index contributed by atoms with van der Waals surface area (Å²) in [5.41, 5.74) is 0.151. The molecule has 0 bridgehead atoms. The van der Waals surface area contributed by atoms with Gasteiger partial charge in [0, 0.05) is 31.0 Å². The molecule has 9 atom stereocenters. The number of ether oxygens (including phenoxy) is 2. The van der Waals surface area contributed by atoms with Gasteiger partial charge in [0.2, 0.25) is 0 Å². The van der Waals surface area contributed by atoms with Crippen molar-refractivity contribution in [1.82, 2.24) is 0 Å². The van der Waals surface area contributed by atoms with Gasteiger partial charge >= 0.3 is 0 Å². The van der Waals surface area contributed by atoms with Crippen molar-refractivity contribution in [3.63, 3.8) is 0 Å². The van der Waals surface area contributed by atoms with Crippen LogP contribution in [-0.2, 0) is 9.47 Å². The van der Waals surface area contributed by atoms with Crippen molar-refractivity contribution in [3.8, 4) is 0 Å². The highest BCUT2D eigenvalue weighted by Crippen LogP contribution is 2.72. The molecule has 5 heteroatoms. The zero-order valence-electron chi connectivity index (χ0n) is 23.6. The topological polar surface area (TPSA) is 79.2 Å². The molecule has 0 saturated heterocycles. The molecule has 206 valence electrons. The molecule has 4 rings (SSSR count). The second-order valence-corrected chi connectivity index (χ2v) is 13.5. The van der Waals surface area contributed by atoms with Gasteiger partial charge in [0.25, 0.3) is 0 Å². The molecule has 0 radical (unpaired) electrons. The number of hydrogen-bond donors (Lipinski definition) is 3. The van der Waals surface area contributed by atoms with E-state index in [0.29, 0.717) is 36.9 Å². The predicted molar refractivity (Wildman–Crippen MR) is 143 cm³/mol. The molecule has 0 heterocycles. The third-order valence-electron chi connectivity index (χ3n) is 11.5. The van der Waals surface area contributed by atoms with Crippen molar-refractivity contribution in [2.45, 2.75) is 97.2 Å². The van der Waals surface area contributed by atoms with Crippen LogP contribution < -0.4 is 0 Å². The first-order valence-electron chi connectivity index (χ1n) is 14.4. The number of methoxy groups -OCH3 is 1. The fourth-order valence-electron chi connectivity index (χ4n) is 8.77. The summed E-state index contributed by atoms with van der Waals surface area (Å²) >= 11 is 0. The minimum atomic E-state index is -1.03. The van der Waals surface area contributed by atoms with E-state index in [1.165, 1.54) is 31.3 Å². The summed E-state index contributed by atoms with van der Waals surface area (Å²) in [6.45, 7) is 11.5. The molecule has 5 nitrogen and oxygen atoms in total. The summed E-state index contributed by atoms with van der Waals surface area (Å²) in [6, 6.07) is 0. The van der Waals surface area contributed by atoms with E-state index in [1.54, 1.807) is 7.11 Å². The van der Waals surface area contributed by atoms with Gasteiger partial charge in [-0.15, -0.1) is 0 Å². The number of aliphatic hydroxyl groups is 3. The van der Waals surface area contributed by atoms with Crippen LogP contribution in [0.5, 0.6) is 0 Å². The SMILES string of the molecule is COCOC(C)(C)[C@@H](C)C=C[C@@H](C)[C@H]1CC[C@H]2C(=C[C@@H](CO)[C@]34C[C@H]3CCC4(O)CO)CCC[C@]12C. The van der Waals surface area contributed by atoms with Gasteiger partial charge in [0.1, 0.15) is 6.79 Å². The Morgan fingerprint density at radius 1 is 1.11 bits per heavy atom. The van der Waals surface area contributed by atoms with E-state index in [0.717, 1.165) is 19.3 Å². The number of aliphatic hydroxyl groups excluding tert-OH is 2. The Hall–Kier alpha value is -0.720. The standard InChI is InChI=1S/C31H52O5/c1-21(9-10-22(2)28(3,4)36-20-35-6)26-11-12-27-23(8-7-14-29(26,27)5)16-25(18-32)31-17-24(31)13-15-30(31,34)19-33/h9-10,16,21-22,24-27,32-34H,7-8,11-15,17-20H2,1-6H3/t21-,22+,24-,25+,26-,27+,29-,30?,31+/m1/s1. The molecule has 0 aromatic rings. The fourth-order valence-corrected chi connectivity index (χ4v) is 8.77. The normalized spacial score (nSPS) is 41.9. The first-order chi connectivity index (χ1) is 17.0. The Morgan fingerprint density at radius 2 is 1.86 bits per heavy atom. The maximum Gasteiger partial charge on any atom is 0.147 e. The summed E-state index contributed by atoms with van der Waals surface area (Å²) in [5, 5.41) is 31.7. The largest absolute Gasteiger partial charge is 0.396 e. The van der Waals surface area contributed by atoms with Crippen LogP contribution in [0, 0.1) is 46.3 Å². The molecule has 0 spiro atoms. The molecule has 0 aliphatic heterocycles. The van der Waals surface area contributed by atoms with Crippen LogP contribution in [0.3, 0.4) is 0 Å². The molecular weight excluding hydrogens is 452 g/mol. The van der Waals surface area contributed by atoms with Crippen LogP contribution in [0.15, 0.2) is 23.8 Å². The third kappa shape index (κ3) is 4.66. The zero-order valence-corrected chi connectivity index (χ0v) is 23.6. The summed E-state index contributed by atoms with van der Waals surface area (Å²) in [4.78, 5) is 0. The quantitative estimate of drug-likeness (QED) is 0.256. The highest BCUT2D eigenvalue weighted by atomic mass is 16.7. The fraction of sp³-hybridized carbons (Fsp3) is 0.871. The molecular formula is C31H52O5. The predicted octanol–water partition coefficient (Wildman–Crippen LogP) is 5.49. The van der Waals surface area contributed by atoms with Crippen molar-refractivity contribution >= 4 is 0 Å². The Bertz CT molecular complexity index is 835. The molecule has 0 aromatic carbocycles. The van der Waals surface area contributed by atoms with Gasteiger partial charge in [-0.05, 0) is 94.3 Å². The maximum atomic E-state index is 11.2. The van der Waals surface area contributed by atoms with Gasteiger partial charge in [-0.1, -0.05) is 44.6 Å². The second kappa shape index (κ2) is 10.4. The van der Waals surface area contributed by atoms with Crippen LogP contribution in [-0.4, -0.2) is 53.6 Å². The van der Waals surface area contributed by atoms with Crippen LogP contribution in [0.25, 0.3) is 0 Å². The van der Waals surface area contributed by atoms with Gasteiger partial charge < -0.3 is 24.8 Å². The number of allylic oxidation sites excluding steroid dienone is 2. The molecule has 4 aliphatic rings. The lowest BCUT2D eigenvalue weighted by atomic mass is 9.60. The molecule has 1 unspecified atom stereocenters. The lowest BCUT2D eigenvalue weighted by molar-refractivity contribution is -0.128. The summed E-state index contributed by atoms with van der Waals surface area (Å²) in [7, 11) is 1.66. The summed E-state index contributed by atoms with van der Waals surface area (Å²) < 4.78 is 11.0. The van der Waals surface area contributed by atoms with Gasteiger partial charge in [0.05, 0.1) is 17.8 Å². The molecule has 0 amide bonds. The Balaban J connectivity index is 1.49. The smallest absolute Gasteiger partial charge is 0.147 e. The van der Waals surface area contributed by atoms with Gasteiger partial charge in [0.15, 0.2) is 0 Å². The van der Waals surface area contributed by atoms with Crippen molar-refractivity contribution in [1.29, 1.82) is 0 Å². The van der Waals surface area contributed by atoms with Gasteiger partial charge in [-0.3, -0.25) is 0 Å². The number of fused-ring (bicyclic) bond motifs is 2.